The molecule has 8 heteroatoms. The van der Waals surface area contributed by atoms with Crippen LogP contribution >= 0.6 is 0 Å². The van der Waals surface area contributed by atoms with E-state index in [9.17, 15) is 14.4 Å². The van der Waals surface area contributed by atoms with E-state index in [1.54, 1.807) is 12.1 Å². The lowest BCUT2D eigenvalue weighted by Crippen LogP contribution is -2.31. The number of rotatable bonds is 3. The number of benzene rings is 1. The average Bonchev–Trinajstić information content (AvgIpc) is 3.19. The van der Waals surface area contributed by atoms with Gasteiger partial charge in [0.1, 0.15) is 5.82 Å². The lowest BCUT2D eigenvalue weighted by atomic mass is 9.92. The van der Waals surface area contributed by atoms with E-state index in [1.807, 2.05) is 16.8 Å². The van der Waals surface area contributed by atoms with Crippen LogP contribution in [0.4, 0.5) is 5.82 Å². The smallest absolute Gasteiger partial charge is 0.408 e. The molecule has 1 aromatic carbocycles. The quantitative estimate of drug-likeness (QED) is 0.727. The Balaban J connectivity index is 1.56. The first kappa shape index (κ1) is 17.1. The molecule has 3 aromatic rings. The predicted octanol–water partition coefficient (Wildman–Crippen LogP) is 2.72. The number of amides is 1. The molecule has 1 aliphatic heterocycles. The minimum absolute atomic E-state index is 0.137. The van der Waals surface area contributed by atoms with Crippen molar-refractivity contribution >= 4 is 22.8 Å². The van der Waals surface area contributed by atoms with E-state index in [1.165, 1.54) is 11.0 Å². The molecule has 146 valence electrons. The highest BCUT2D eigenvalue weighted by Crippen LogP contribution is 2.36. The molecule has 3 heterocycles. The summed E-state index contributed by atoms with van der Waals surface area (Å²) in [6.45, 7) is 0.230. The molecule has 8 nitrogen and oxygen atoms in total. The summed E-state index contributed by atoms with van der Waals surface area (Å²) in [6, 6.07) is 7.37. The lowest BCUT2D eigenvalue weighted by molar-refractivity contribution is -0.117. The Morgan fingerprint density at radius 1 is 1.07 bits per heavy atom. The highest BCUT2D eigenvalue weighted by atomic mass is 16.4. The zero-order chi connectivity index (χ0) is 19.3. The Hall–Kier alpha value is -3.03. The molecule has 0 radical (unpaired) electrons. The third-order valence-corrected chi connectivity index (χ3v) is 5.98. The van der Waals surface area contributed by atoms with Crippen molar-refractivity contribution in [2.45, 2.75) is 57.0 Å². The molecular weight excluding hydrogens is 360 g/mol. The van der Waals surface area contributed by atoms with Crippen molar-refractivity contribution in [3.8, 4) is 0 Å². The lowest BCUT2D eigenvalue weighted by Gasteiger charge is -2.28. The fourth-order valence-electron chi connectivity index (χ4n) is 4.65. The van der Waals surface area contributed by atoms with Gasteiger partial charge in [0.2, 0.25) is 5.91 Å². The van der Waals surface area contributed by atoms with Gasteiger partial charge in [-0.05, 0) is 25.0 Å². The summed E-state index contributed by atoms with van der Waals surface area (Å²) < 4.78 is 8.66. The van der Waals surface area contributed by atoms with Crippen molar-refractivity contribution in [1.29, 1.82) is 0 Å². The summed E-state index contributed by atoms with van der Waals surface area (Å²) in [5, 5.41) is 5.83. The minimum Gasteiger partial charge on any atom is -0.408 e. The summed E-state index contributed by atoms with van der Waals surface area (Å²) in [5.74, 6) is -0.422. The van der Waals surface area contributed by atoms with Crippen LogP contribution < -0.4 is 16.6 Å². The first-order valence-electron chi connectivity index (χ1n) is 9.84. The molecule has 0 unspecified atom stereocenters. The molecule has 2 aliphatic rings. The third-order valence-electron chi connectivity index (χ3n) is 5.98. The molecule has 1 saturated carbocycles. The average molecular weight is 382 g/mol. The van der Waals surface area contributed by atoms with Crippen molar-refractivity contribution in [2.75, 3.05) is 5.32 Å². The van der Waals surface area contributed by atoms with Gasteiger partial charge in [-0.1, -0.05) is 31.4 Å². The number of carbonyl (C=O) groups excluding carboxylic acids is 1. The first-order chi connectivity index (χ1) is 13.6. The number of oxazole rings is 1. The van der Waals surface area contributed by atoms with Crippen LogP contribution in [0.15, 0.2) is 38.3 Å². The van der Waals surface area contributed by atoms with Crippen LogP contribution in [0.3, 0.4) is 0 Å². The molecule has 2 aromatic heterocycles. The number of hydrogen-bond donors (Lipinski definition) is 2. The van der Waals surface area contributed by atoms with Crippen molar-refractivity contribution in [1.82, 2.24) is 14.3 Å². The SMILES string of the molecule is O=C1C[C@@H](Cn2c(=O)oc3ccccc32)c2c(n(C3CCCCC3)[nH]c2=O)N1. The van der Waals surface area contributed by atoms with E-state index in [-0.39, 0.29) is 36.4 Å². The first-order valence-corrected chi connectivity index (χ1v) is 9.84. The third kappa shape index (κ3) is 2.71. The van der Waals surface area contributed by atoms with Crippen LogP contribution in [0.2, 0.25) is 0 Å². The monoisotopic (exact) mass is 382 g/mol. The van der Waals surface area contributed by atoms with Crippen LogP contribution in [0.1, 0.15) is 56.0 Å². The van der Waals surface area contributed by atoms with Gasteiger partial charge >= 0.3 is 5.76 Å². The molecule has 1 aliphatic carbocycles. The topological polar surface area (TPSA) is 102 Å². The standard InChI is InChI=1S/C20H22N4O4/c25-16-10-12(11-23-14-8-4-5-9-15(14)28-20(23)27)17-18(21-16)24(22-19(17)26)13-6-2-1-3-7-13/h4-5,8-9,12-13H,1-3,6-7,10-11H2,(H,21,25)(H,22,26)/t12-/m0/s1. The Morgan fingerprint density at radius 3 is 2.68 bits per heavy atom. The zero-order valence-electron chi connectivity index (χ0n) is 15.4. The number of para-hydroxylation sites is 2. The van der Waals surface area contributed by atoms with E-state index >= 15 is 0 Å². The van der Waals surface area contributed by atoms with Gasteiger partial charge in [-0.2, -0.15) is 0 Å². The van der Waals surface area contributed by atoms with Gasteiger partial charge in [-0.25, -0.2) is 4.79 Å². The van der Waals surface area contributed by atoms with Crippen LogP contribution in [-0.4, -0.2) is 20.3 Å². The number of aromatic amines is 1. The van der Waals surface area contributed by atoms with Crippen molar-refractivity contribution in [3.05, 3.63) is 50.7 Å². The van der Waals surface area contributed by atoms with Crippen molar-refractivity contribution < 1.29 is 9.21 Å². The van der Waals surface area contributed by atoms with Crippen LogP contribution in [0, 0.1) is 0 Å². The molecule has 2 N–H and O–H groups in total. The highest BCUT2D eigenvalue weighted by Gasteiger charge is 2.34. The van der Waals surface area contributed by atoms with Crippen LogP contribution in [0.5, 0.6) is 0 Å². The molecule has 28 heavy (non-hydrogen) atoms. The molecule has 0 spiro atoms. The number of nitrogens with one attached hydrogen (secondary N) is 2. The minimum atomic E-state index is -0.475. The maximum Gasteiger partial charge on any atom is 0.419 e. The second-order valence-electron chi connectivity index (χ2n) is 7.76. The summed E-state index contributed by atoms with van der Waals surface area (Å²) in [4.78, 5) is 37.5. The molecular formula is C20H22N4O4. The maximum absolute atomic E-state index is 12.8. The molecule has 1 atom stereocenters. The molecule has 0 bridgehead atoms. The normalized spacial score (nSPS) is 20.3. The Morgan fingerprint density at radius 2 is 1.86 bits per heavy atom. The molecule has 1 fully saturated rings. The number of carbonyl (C=O) groups is 1. The largest absolute Gasteiger partial charge is 0.419 e. The van der Waals surface area contributed by atoms with Gasteiger partial charge in [0.25, 0.3) is 5.56 Å². The van der Waals surface area contributed by atoms with Gasteiger partial charge in [0, 0.05) is 18.9 Å². The number of fused-ring (bicyclic) bond motifs is 2. The number of nitrogens with zero attached hydrogens (tertiary/aromatic N) is 2. The maximum atomic E-state index is 12.8. The van der Waals surface area contributed by atoms with Crippen LogP contribution in [0.25, 0.3) is 11.1 Å². The Kier molecular flexibility index (Phi) is 3.99. The second-order valence-corrected chi connectivity index (χ2v) is 7.76. The Labute approximate surface area is 160 Å². The zero-order valence-corrected chi connectivity index (χ0v) is 15.4. The van der Waals surface area contributed by atoms with E-state index < -0.39 is 5.76 Å². The summed E-state index contributed by atoms with van der Waals surface area (Å²) >= 11 is 0. The van der Waals surface area contributed by atoms with E-state index in [0.29, 0.717) is 22.5 Å². The van der Waals surface area contributed by atoms with E-state index in [0.717, 1.165) is 25.7 Å². The fourth-order valence-corrected chi connectivity index (χ4v) is 4.65. The van der Waals surface area contributed by atoms with Gasteiger partial charge in [-0.3, -0.25) is 23.9 Å². The number of hydrogen-bond acceptors (Lipinski definition) is 4. The molecule has 0 saturated heterocycles. The summed E-state index contributed by atoms with van der Waals surface area (Å²) in [5.41, 5.74) is 1.54. The highest BCUT2D eigenvalue weighted by molar-refractivity contribution is 5.93. The number of aromatic nitrogens is 3. The second kappa shape index (κ2) is 6.54. The van der Waals surface area contributed by atoms with Gasteiger partial charge in [0.15, 0.2) is 5.58 Å². The van der Waals surface area contributed by atoms with Crippen molar-refractivity contribution in [2.24, 2.45) is 0 Å². The molecule has 5 rings (SSSR count). The number of anilines is 1. The van der Waals surface area contributed by atoms with E-state index in [2.05, 4.69) is 10.4 Å². The molecule has 1 amide bonds. The van der Waals surface area contributed by atoms with Crippen LogP contribution in [-0.2, 0) is 11.3 Å². The van der Waals surface area contributed by atoms with Gasteiger partial charge < -0.3 is 9.73 Å². The predicted molar refractivity (Wildman–Crippen MR) is 104 cm³/mol. The van der Waals surface area contributed by atoms with E-state index in [4.69, 9.17) is 4.42 Å². The number of H-pyrrole nitrogens is 1. The van der Waals surface area contributed by atoms with Crippen molar-refractivity contribution in [3.63, 3.8) is 0 Å². The fraction of sp³-hybridized carbons (Fsp3) is 0.450. The summed E-state index contributed by atoms with van der Waals surface area (Å²) in [7, 11) is 0. The summed E-state index contributed by atoms with van der Waals surface area (Å²) in [6.07, 6.45) is 5.58. The van der Waals surface area contributed by atoms with Gasteiger partial charge in [0.05, 0.1) is 17.1 Å². The van der Waals surface area contributed by atoms with Gasteiger partial charge in [-0.15, -0.1) is 0 Å². The Bertz CT molecular complexity index is 1160.